The average Bonchev–Trinajstić information content (AvgIpc) is 2.68. The van der Waals surface area contributed by atoms with Crippen LogP contribution in [0.3, 0.4) is 0 Å². The molecule has 3 heteroatoms. The van der Waals surface area contributed by atoms with Crippen molar-refractivity contribution in [3.05, 3.63) is 0 Å². The van der Waals surface area contributed by atoms with E-state index in [9.17, 15) is 4.79 Å². The zero-order valence-corrected chi connectivity index (χ0v) is 10.4. The summed E-state index contributed by atoms with van der Waals surface area (Å²) >= 11 is 0. The fourth-order valence-corrected chi connectivity index (χ4v) is 2.44. The lowest BCUT2D eigenvalue weighted by atomic mass is 9.92. The van der Waals surface area contributed by atoms with E-state index in [-0.39, 0.29) is 5.97 Å². The molecule has 0 aromatic rings. The third-order valence-electron chi connectivity index (χ3n) is 3.33. The Morgan fingerprint density at radius 3 is 2.40 bits per heavy atom. The lowest BCUT2D eigenvalue weighted by Crippen LogP contribution is -2.41. The highest BCUT2D eigenvalue weighted by Gasteiger charge is 2.32. The molecule has 1 aliphatic rings. The van der Waals surface area contributed by atoms with Crippen molar-refractivity contribution in [2.45, 2.75) is 45.6 Å². The molecule has 0 spiro atoms. The van der Waals surface area contributed by atoms with Crippen LogP contribution < -0.4 is 0 Å². The predicted octanol–water partition coefficient (Wildman–Crippen LogP) is 2.06. The minimum absolute atomic E-state index is 0.118. The van der Waals surface area contributed by atoms with E-state index >= 15 is 0 Å². The Labute approximate surface area is 92.8 Å². The first-order valence-electron chi connectivity index (χ1n) is 5.76. The van der Waals surface area contributed by atoms with Crippen LogP contribution in [0.2, 0.25) is 0 Å². The van der Waals surface area contributed by atoms with Crippen LogP contribution in [0.5, 0.6) is 0 Å². The molecule has 0 unspecified atom stereocenters. The Hall–Kier alpha value is -0.570. The van der Waals surface area contributed by atoms with Crippen LogP contribution in [0.1, 0.15) is 39.5 Å². The SMILES string of the molecule is COC(=O)C(C)(C)CN(C)C1CCCC1. The Morgan fingerprint density at radius 2 is 1.93 bits per heavy atom. The molecule has 1 fully saturated rings. The van der Waals surface area contributed by atoms with Gasteiger partial charge in [0.15, 0.2) is 0 Å². The number of rotatable bonds is 4. The van der Waals surface area contributed by atoms with Crippen LogP contribution in [-0.2, 0) is 9.53 Å². The molecule has 88 valence electrons. The molecule has 0 N–H and O–H groups in total. The first-order valence-corrected chi connectivity index (χ1v) is 5.76. The van der Waals surface area contributed by atoms with E-state index < -0.39 is 5.41 Å². The molecule has 0 heterocycles. The zero-order valence-electron chi connectivity index (χ0n) is 10.4. The second-order valence-electron chi connectivity index (χ2n) is 5.23. The summed E-state index contributed by atoms with van der Waals surface area (Å²) in [5.74, 6) is -0.118. The maximum atomic E-state index is 11.5. The van der Waals surface area contributed by atoms with Crippen LogP contribution in [0.15, 0.2) is 0 Å². The fourth-order valence-electron chi connectivity index (χ4n) is 2.44. The Morgan fingerprint density at radius 1 is 1.40 bits per heavy atom. The number of hydrogen-bond donors (Lipinski definition) is 0. The third kappa shape index (κ3) is 3.20. The molecule has 1 aliphatic carbocycles. The van der Waals surface area contributed by atoms with Gasteiger partial charge < -0.3 is 9.64 Å². The van der Waals surface area contributed by atoms with Gasteiger partial charge in [-0.25, -0.2) is 0 Å². The van der Waals surface area contributed by atoms with E-state index in [0.29, 0.717) is 6.04 Å². The molecule has 1 saturated carbocycles. The summed E-state index contributed by atoms with van der Waals surface area (Å²) in [5.41, 5.74) is -0.397. The first kappa shape index (κ1) is 12.5. The van der Waals surface area contributed by atoms with Gasteiger partial charge in [-0.15, -0.1) is 0 Å². The first-order chi connectivity index (χ1) is 6.97. The molecule has 0 amide bonds. The summed E-state index contributed by atoms with van der Waals surface area (Å²) in [7, 11) is 3.57. The van der Waals surface area contributed by atoms with Gasteiger partial charge in [-0.05, 0) is 33.7 Å². The van der Waals surface area contributed by atoms with Gasteiger partial charge in [0, 0.05) is 12.6 Å². The third-order valence-corrected chi connectivity index (χ3v) is 3.33. The molecule has 1 rings (SSSR count). The summed E-state index contributed by atoms with van der Waals surface area (Å²) in [6, 6.07) is 0.661. The largest absolute Gasteiger partial charge is 0.469 e. The number of carbonyl (C=O) groups is 1. The summed E-state index contributed by atoms with van der Waals surface area (Å²) in [4.78, 5) is 13.8. The van der Waals surface area contributed by atoms with Gasteiger partial charge >= 0.3 is 5.97 Å². The molecule has 0 atom stereocenters. The molecule has 0 radical (unpaired) electrons. The molecule has 0 aromatic heterocycles. The van der Waals surface area contributed by atoms with Gasteiger partial charge in [-0.1, -0.05) is 12.8 Å². The van der Waals surface area contributed by atoms with Crippen molar-refractivity contribution in [3.63, 3.8) is 0 Å². The van der Waals surface area contributed by atoms with Gasteiger partial charge in [0.2, 0.25) is 0 Å². The van der Waals surface area contributed by atoms with Crippen molar-refractivity contribution in [1.29, 1.82) is 0 Å². The minimum Gasteiger partial charge on any atom is -0.469 e. The second-order valence-corrected chi connectivity index (χ2v) is 5.23. The average molecular weight is 213 g/mol. The molecule has 0 aromatic carbocycles. The van der Waals surface area contributed by atoms with Crippen LogP contribution in [0, 0.1) is 5.41 Å². The molecule has 15 heavy (non-hydrogen) atoms. The topological polar surface area (TPSA) is 29.5 Å². The van der Waals surface area contributed by atoms with E-state index in [1.165, 1.54) is 32.8 Å². The maximum Gasteiger partial charge on any atom is 0.312 e. The lowest BCUT2D eigenvalue weighted by molar-refractivity contribution is -0.151. The highest BCUT2D eigenvalue weighted by atomic mass is 16.5. The standard InChI is InChI=1S/C12H23NO2/c1-12(2,11(14)15-4)9-13(3)10-7-5-6-8-10/h10H,5-9H2,1-4H3. The van der Waals surface area contributed by atoms with Crippen LogP contribution in [-0.4, -0.2) is 37.6 Å². The van der Waals surface area contributed by atoms with E-state index in [4.69, 9.17) is 4.74 Å². The Bertz CT molecular complexity index is 220. The molecule has 3 nitrogen and oxygen atoms in total. The van der Waals surface area contributed by atoms with Crippen molar-refractivity contribution in [2.75, 3.05) is 20.7 Å². The van der Waals surface area contributed by atoms with Crippen LogP contribution in [0.4, 0.5) is 0 Å². The smallest absolute Gasteiger partial charge is 0.312 e. The van der Waals surface area contributed by atoms with E-state index in [1.807, 2.05) is 13.8 Å². The normalized spacial score (nSPS) is 18.5. The predicted molar refractivity (Wildman–Crippen MR) is 60.7 cm³/mol. The fraction of sp³-hybridized carbons (Fsp3) is 0.917. The maximum absolute atomic E-state index is 11.5. The van der Waals surface area contributed by atoms with Crippen molar-refractivity contribution in [1.82, 2.24) is 4.90 Å². The van der Waals surface area contributed by atoms with Gasteiger partial charge in [0.05, 0.1) is 12.5 Å². The Balaban J connectivity index is 2.48. The lowest BCUT2D eigenvalue weighted by Gasteiger charge is -2.31. The van der Waals surface area contributed by atoms with E-state index in [0.717, 1.165) is 6.54 Å². The van der Waals surface area contributed by atoms with E-state index in [1.54, 1.807) is 0 Å². The van der Waals surface area contributed by atoms with Crippen LogP contribution in [0.25, 0.3) is 0 Å². The van der Waals surface area contributed by atoms with Crippen LogP contribution >= 0.6 is 0 Å². The number of nitrogens with zero attached hydrogens (tertiary/aromatic N) is 1. The van der Waals surface area contributed by atoms with Gasteiger partial charge in [0.1, 0.15) is 0 Å². The van der Waals surface area contributed by atoms with Crippen molar-refractivity contribution >= 4 is 5.97 Å². The number of ether oxygens (including phenoxy) is 1. The van der Waals surface area contributed by atoms with Crippen molar-refractivity contribution < 1.29 is 9.53 Å². The highest BCUT2D eigenvalue weighted by molar-refractivity contribution is 5.76. The summed E-state index contributed by atoms with van der Waals surface area (Å²) in [6.07, 6.45) is 5.20. The van der Waals surface area contributed by atoms with Gasteiger partial charge in [-0.2, -0.15) is 0 Å². The summed E-state index contributed by atoms with van der Waals surface area (Å²) in [6.45, 7) is 4.68. The zero-order chi connectivity index (χ0) is 11.5. The number of methoxy groups -OCH3 is 1. The number of carbonyl (C=O) groups excluding carboxylic acids is 1. The second kappa shape index (κ2) is 4.97. The molecule has 0 saturated heterocycles. The van der Waals surface area contributed by atoms with Crippen molar-refractivity contribution in [2.24, 2.45) is 5.41 Å². The number of hydrogen-bond acceptors (Lipinski definition) is 3. The minimum atomic E-state index is -0.397. The van der Waals surface area contributed by atoms with Gasteiger partial charge in [0.25, 0.3) is 0 Å². The summed E-state index contributed by atoms with van der Waals surface area (Å²) in [5, 5.41) is 0. The molecule has 0 bridgehead atoms. The molecular weight excluding hydrogens is 190 g/mol. The van der Waals surface area contributed by atoms with E-state index in [2.05, 4.69) is 11.9 Å². The Kier molecular flexibility index (Phi) is 4.14. The van der Waals surface area contributed by atoms with Gasteiger partial charge in [-0.3, -0.25) is 4.79 Å². The molecular formula is C12H23NO2. The van der Waals surface area contributed by atoms with Crippen molar-refractivity contribution in [3.8, 4) is 0 Å². The molecule has 0 aliphatic heterocycles. The quantitative estimate of drug-likeness (QED) is 0.669. The number of esters is 1. The monoisotopic (exact) mass is 213 g/mol. The summed E-state index contributed by atoms with van der Waals surface area (Å²) < 4.78 is 4.81. The highest BCUT2D eigenvalue weighted by Crippen LogP contribution is 2.26.